The molecular formula is C20H28F2Ti. The van der Waals surface area contributed by atoms with Crippen molar-refractivity contribution in [2.24, 2.45) is 11.8 Å². The van der Waals surface area contributed by atoms with E-state index in [0.717, 1.165) is 11.8 Å². The van der Waals surface area contributed by atoms with E-state index in [1.165, 1.54) is 64.2 Å². The maximum atomic E-state index is 2.49. The Kier molecular flexibility index (Phi) is 7.04. The molecule has 0 bridgehead atoms. The van der Waals surface area contributed by atoms with Gasteiger partial charge in [0.15, 0.2) is 0 Å². The second-order valence-electron chi connectivity index (χ2n) is 7.17. The smallest absolute Gasteiger partial charge is 0.269 e. The summed E-state index contributed by atoms with van der Waals surface area (Å²) in [6.07, 6.45) is 24.2. The molecule has 2 fully saturated rings. The zero-order valence-electron chi connectivity index (χ0n) is 13.9. The molecule has 0 atom stereocenters. The second-order valence-corrected chi connectivity index (χ2v) is 9.44. The Hall–Kier alpha value is -0.466. The van der Waals surface area contributed by atoms with Crippen molar-refractivity contribution in [3.8, 4) is 0 Å². The standard InChI is InChI=1S/2C10H13.2FH.Ti/c2*1-2-6-9(5-1)10-7-3-4-8-10;;;/h2*1,5,10H,2-4,7-8H2;2*1H;. The molecule has 4 aliphatic rings. The topological polar surface area (TPSA) is 0 Å². The van der Waals surface area contributed by atoms with Crippen LogP contribution in [0.4, 0.5) is 9.41 Å². The molecule has 2 saturated carbocycles. The van der Waals surface area contributed by atoms with Crippen molar-refractivity contribution < 1.29 is 28.6 Å². The monoisotopic (exact) mass is 354 g/mol. The Bertz CT molecular complexity index is 482. The molecule has 0 saturated heterocycles. The largest absolute Gasteiger partial charge is 0.269 e. The van der Waals surface area contributed by atoms with Crippen LogP contribution in [0, 0.1) is 11.8 Å². The van der Waals surface area contributed by atoms with E-state index in [1.807, 2.05) is 7.76 Å². The zero-order valence-corrected chi connectivity index (χ0v) is 15.4. The van der Waals surface area contributed by atoms with Crippen molar-refractivity contribution in [2.75, 3.05) is 0 Å². The molecule has 23 heavy (non-hydrogen) atoms. The molecule has 4 aliphatic carbocycles. The Labute approximate surface area is 147 Å². The summed E-state index contributed by atoms with van der Waals surface area (Å²) in [5.74, 6) is 1.85. The van der Waals surface area contributed by atoms with E-state index in [0.29, 0.717) is 0 Å². The van der Waals surface area contributed by atoms with Crippen LogP contribution in [0.1, 0.15) is 64.2 Å². The van der Waals surface area contributed by atoms with Crippen LogP contribution in [-0.2, 0) is 19.2 Å². The minimum absolute atomic E-state index is 0. The number of hydrogen-bond donors (Lipinski definition) is 0. The van der Waals surface area contributed by atoms with Crippen molar-refractivity contribution in [1.29, 1.82) is 0 Å². The number of halogens is 2. The first-order chi connectivity index (χ1) is 10.4. The first-order valence-electron chi connectivity index (χ1n) is 8.98. The SMILES string of the molecule is C1=CC(C2CCCC2)=[C]([Ti][C]2=C(C3CCCC3)C=CC2)C1.F.F. The summed E-state index contributed by atoms with van der Waals surface area (Å²) in [5.41, 5.74) is 3.58. The summed E-state index contributed by atoms with van der Waals surface area (Å²) < 4.78 is 3.77. The summed E-state index contributed by atoms with van der Waals surface area (Å²) in [6.45, 7) is 0. The van der Waals surface area contributed by atoms with E-state index in [1.54, 1.807) is 11.1 Å². The van der Waals surface area contributed by atoms with Crippen LogP contribution in [0.15, 0.2) is 43.2 Å². The van der Waals surface area contributed by atoms with Gasteiger partial charge < -0.3 is 0 Å². The second kappa shape index (κ2) is 8.58. The summed E-state index contributed by atoms with van der Waals surface area (Å²) in [7, 11) is 0. The Morgan fingerprint density at radius 1 is 0.652 bits per heavy atom. The fraction of sp³-hybridized carbons (Fsp3) is 0.600. The van der Waals surface area contributed by atoms with Gasteiger partial charge in [-0.2, -0.15) is 0 Å². The van der Waals surface area contributed by atoms with Gasteiger partial charge in [-0.3, -0.25) is 9.41 Å². The van der Waals surface area contributed by atoms with Gasteiger partial charge in [-0.05, 0) is 0 Å². The molecule has 0 amide bonds. The van der Waals surface area contributed by atoms with Gasteiger partial charge in [0.2, 0.25) is 0 Å². The summed E-state index contributed by atoms with van der Waals surface area (Å²) in [4.78, 5) is 0. The van der Waals surface area contributed by atoms with Gasteiger partial charge in [0.05, 0.1) is 0 Å². The van der Waals surface area contributed by atoms with Gasteiger partial charge in [0, 0.05) is 0 Å². The molecule has 3 heteroatoms. The minimum atomic E-state index is -0.0198. The molecule has 0 aliphatic heterocycles. The molecule has 0 heterocycles. The normalized spacial score (nSPS) is 24.5. The van der Waals surface area contributed by atoms with Crippen molar-refractivity contribution in [1.82, 2.24) is 0 Å². The minimum Gasteiger partial charge on any atom is -0.269 e. The van der Waals surface area contributed by atoms with Gasteiger partial charge >= 0.3 is 138 Å². The average Bonchev–Trinajstić information content (AvgIpc) is 3.28. The fourth-order valence-corrected chi connectivity index (χ4v) is 7.32. The van der Waals surface area contributed by atoms with Crippen LogP contribution in [0.3, 0.4) is 0 Å². The molecule has 0 aromatic heterocycles. The third kappa shape index (κ3) is 3.96. The zero-order chi connectivity index (χ0) is 14.1. The maximum Gasteiger partial charge on any atom is -0.269 e. The summed E-state index contributed by atoms with van der Waals surface area (Å²) in [6, 6.07) is 0. The predicted molar refractivity (Wildman–Crippen MR) is 90.5 cm³/mol. The van der Waals surface area contributed by atoms with E-state index in [2.05, 4.69) is 24.3 Å². The van der Waals surface area contributed by atoms with Crippen molar-refractivity contribution in [3.05, 3.63) is 43.2 Å². The first kappa shape index (κ1) is 18.9. The van der Waals surface area contributed by atoms with Crippen LogP contribution in [0.25, 0.3) is 0 Å². The molecule has 0 aromatic carbocycles. The van der Waals surface area contributed by atoms with Crippen LogP contribution in [-0.4, -0.2) is 0 Å². The van der Waals surface area contributed by atoms with Gasteiger partial charge in [0.1, 0.15) is 0 Å². The van der Waals surface area contributed by atoms with E-state index in [-0.39, 0.29) is 28.6 Å². The molecular weight excluding hydrogens is 326 g/mol. The van der Waals surface area contributed by atoms with Gasteiger partial charge in [0.25, 0.3) is 0 Å². The summed E-state index contributed by atoms with van der Waals surface area (Å²) >= 11 is -0.0198. The molecule has 0 nitrogen and oxygen atoms in total. The summed E-state index contributed by atoms with van der Waals surface area (Å²) in [5, 5.41) is 0. The van der Waals surface area contributed by atoms with E-state index in [4.69, 9.17) is 0 Å². The Balaban J connectivity index is 0.000000960. The molecule has 0 spiro atoms. The van der Waals surface area contributed by atoms with Crippen molar-refractivity contribution >= 4 is 0 Å². The quantitative estimate of drug-likeness (QED) is 0.529. The van der Waals surface area contributed by atoms with Gasteiger partial charge in [-0.15, -0.1) is 0 Å². The number of hydrogen-bond acceptors (Lipinski definition) is 0. The third-order valence-electron chi connectivity index (χ3n) is 5.83. The number of allylic oxidation sites excluding steroid dienone is 8. The van der Waals surface area contributed by atoms with E-state index < -0.39 is 0 Å². The molecule has 0 unspecified atom stereocenters. The molecule has 4 rings (SSSR count). The van der Waals surface area contributed by atoms with Gasteiger partial charge in [-0.1, -0.05) is 0 Å². The Morgan fingerprint density at radius 3 is 1.43 bits per heavy atom. The first-order valence-corrected chi connectivity index (χ1v) is 10.5. The van der Waals surface area contributed by atoms with Gasteiger partial charge in [-0.25, -0.2) is 0 Å². The van der Waals surface area contributed by atoms with Crippen LogP contribution in [0.5, 0.6) is 0 Å². The van der Waals surface area contributed by atoms with Crippen LogP contribution >= 0.6 is 0 Å². The molecule has 0 N–H and O–H groups in total. The van der Waals surface area contributed by atoms with Crippen LogP contribution < -0.4 is 0 Å². The van der Waals surface area contributed by atoms with Crippen molar-refractivity contribution in [2.45, 2.75) is 64.2 Å². The Morgan fingerprint density at radius 2 is 1.04 bits per heavy atom. The molecule has 126 valence electrons. The van der Waals surface area contributed by atoms with Crippen LogP contribution in [0.2, 0.25) is 0 Å². The third-order valence-corrected chi connectivity index (χ3v) is 8.31. The average molecular weight is 354 g/mol. The molecule has 0 radical (unpaired) electrons. The maximum absolute atomic E-state index is 2.49. The van der Waals surface area contributed by atoms with E-state index in [9.17, 15) is 0 Å². The molecule has 0 aromatic rings. The van der Waals surface area contributed by atoms with E-state index >= 15 is 0 Å². The van der Waals surface area contributed by atoms with Crippen molar-refractivity contribution in [3.63, 3.8) is 0 Å². The fourth-order valence-electron chi connectivity index (χ4n) is 4.71. The predicted octanol–water partition coefficient (Wildman–Crippen LogP) is 6.18. The number of rotatable bonds is 4.